The maximum Gasteiger partial charge on any atom is 0.244 e. The lowest BCUT2D eigenvalue weighted by molar-refractivity contribution is 0.176. The Morgan fingerprint density at radius 3 is 2.41 bits per heavy atom. The Morgan fingerprint density at radius 1 is 1.15 bits per heavy atom. The fraction of sp³-hybridized carbons (Fsp3) is 0.529. The summed E-state index contributed by atoms with van der Waals surface area (Å²) in [7, 11) is -3.69. The van der Waals surface area contributed by atoms with Crippen LogP contribution in [0.25, 0.3) is 0 Å². The van der Waals surface area contributed by atoms with E-state index in [0.29, 0.717) is 44.4 Å². The number of hydrogen-bond acceptors (Lipinski definition) is 6. The Kier molecular flexibility index (Phi) is 5.84. The van der Waals surface area contributed by atoms with Crippen LogP contribution in [-0.4, -0.2) is 53.9 Å². The summed E-state index contributed by atoms with van der Waals surface area (Å²) in [5.41, 5.74) is -0.200. The summed E-state index contributed by atoms with van der Waals surface area (Å²) in [5.74, 6) is 1.20. The SMILES string of the molecule is CC(C)(C)c1nc(CN2CCN(S(=O)(=O)c3cccc(Cl)c3Cl)CC2)no1. The van der Waals surface area contributed by atoms with Crippen LogP contribution in [-0.2, 0) is 22.0 Å². The predicted octanol–water partition coefficient (Wildman–Crippen LogP) is 3.18. The topological polar surface area (TPSA) is 79.5 Å². The zero-order chi connectivity index (χ0) is 19.8. The van der Waals surface area contributed by atoms with E-state index >= 15 is 0 Å². The summed E-state index contributed by atoms with van der Waals surface area (Å²) in [6.07, 6.45) is 0. The fourth-order valence-corrected chi connectivity index (χ4v) is 4.93. The van der Waals surface area contributed by atoms with Crippen LogP contribution in [0.1, 0.15) is 32.5 Å². The third kappa shape index (κ3) is 4.46. The maximum absolute atomic E-state index is 12.9. The molecule has 7 nitrogen and oxygen atoms in total. The van der Waals surface area contributed by atoms with Gasteiger partial charge in [-0.1, -0.05) is 55.2 Å². The molecule has 0 radical (unpaired) electrons. The molecule has 1 saturated heterocycles. The number of sulfonamides is 1. The van der Waals surface area contributed by atoms with Gasteiger partial charge in [-0.25, -0.2) is 8.42 Å². The van der Waals surface area contributed by atoms with Gasteiger partial charge in [0.1, 0.15) is 4.90 Å². The van der Waals surface area contributed by atoms with Crippen molar-refractivity contribution < 1.29 is 12.9 Å². The van der Waals surface area contributed by atoms with Gasteiger partial charge in [-0.2, -0.15) is 9.29 Å². The van der Waals surface area contributed by atoms with Gasteiger partial charge in [-0.05, 0) is 12.1 Å². The summed E-state index contributed by atoms with van der Waals surface area (Å²) in [4.78, 5) is 6.57. The van der Waals surface area contributed by atoms with Gasteiger partial charge < -0.3 is 4.52 Å². The van der Waals surface area contributed by atoms with Gasteiger partial charge in [-0.15, -0.1) is 0 Å². The van der Waals surface area contributed by atoms with Gasteiger partial charge >= 0.3 is 0 Å². The molecular formula is C17H22Cl2N4O3S. The molecule has 0 aliphatic carbocycles. The van der Waals surface area contributed by atoms with E-state index in [0.717, 1.165) is 0 Å². The third-order valence-electron chi connectivity index (χ3n) is 4.34. The third-order valence-corrected chi connectivity index (χ3v) is 7.21. The average molecular weight is 433 g/mol. The van der Waals surface area contributed by atoms with Crippen LogP contribution in [0.15, 0.2) is 27.6 Å². The molecule has 0 atom stereocenters. The van der Waals surface area contributed by atoms with E-state index in [9.17, 15) is 8.42 Å². The number of rotatable bonds is 4. The molecule has 1 aromatic carbocycles. The van der Waals surface area contributed by atoms with Crippen molar-refractivity contribution in [2.24, 2.45) is 0 Å². The maximum atomic E-state index is 12.9. The molecule has 27 heavy (non-hydrogen) atoms. The first-order chi connectivity index (χ1) is 12.6. The molecule has 1 aliphatic rings. The van der Waals surface area contributed by atoms with E-state index in [1.807, 2.05) is 20.8 Å². The molecule has 1 fully saturated rings. The van der Waals surface area contributed by atoms with Crippen LogP contribution in [0.4, 0.5) is 0 Å². The van der Waals surface area contributed by atoms with Crippen molar-refractivity contribution in [3.63, 3.8) is 0 Å². The minimum absolute atomic E-state index is 0.0399. The molecule has 10 heteroatoms. The van der Waals surface area contributed by atoms with E-state index in [-0.39, 0.29) is 20.4 Å². The largest absolute Gasteiger partial charge is 0.339 e. The first kappa shape index (κ1) is 20.5. The number of benzene rings is 1. The van der Waals surface area contributed by atoms with Crippen LogP contribution >= 0.6 is 23.2 Å². The van der Waals surface area contributed by atoms with Gasteiger partial charge in [0.2, 0.25) is 15.9 Å². The average Bonchev–Trinajstić information content (AvgIpc) is 3.06. The molecular weight excluding hydrogens is 411 g/mol. The van der Waals surface area contributed by atoms with E-state index in [2.05, 4.69) is 15.0 Å². The normalized spacial score (nSPS) is 17.4. The van der Waals surface area contributed by atoms with Crippen molar-refractivity contribution in [3.8, 4) is 0 Å². The Balaban J connectivity index is 1.65. The van der Waals surface area contributed by atoms with Crippen molar-refractivity contribution >= 4 is 33.2 Å². The second-order valence-corrected chi connectivity index (χ2v) is 10.2. The quantitative estimate of drug-likeness (QED) is 0.737. The zero-order valence-corrected chi connectivity index (χ0v) is 17.8. The lowest BCUT2D eigenvalue weighted by Crippen LogP contribution is -2.48. The van der Waals surface area contributed by atoms with Gasteiger partial charge in [0, 0.05) is 31.6 Å². The van der Waals surface area contributed by atoms with E-state index in [4.69, 9.17) is 27.7 Å². The number of nitrogens with zero attached hydrogens (tertiary/aromatic N) is 4. The van der Waals surface area contributed by atoms with Crippen LogP contribution in [0.2, 0.25) is 10.0 Å². The summed E-state index contributed by atoms with van der Waals surface area (Å²) in [6, 6.07) is 4.63. The first-order valence-electron chi connectivity index (χ1n) is 8.58. The molecule has 2 heterocycles. The molecule has 0 spiro atoms. The van der Waals surface area contributed by atoms with Gasteiger partial charge in [0.25, 0.3) is 0 Å². The minimum Gasteiger partial charge on any atom is -0.339 e. The van der Waals surface area contributed by atoms with E-state index in [1.165, 1.54) is 10.4 Å². The van der Waals surface area contributed by atoms with Crippen molar-refractivity contribution in [3.05, 3.63) is 40.0 Å². The van der Waals surface area contributed by atoms with Crippen LogP contribution in [0, 0.1) is 0 Å². The van der Waals surface area contributed by atoms with Crippen LogP contribution in [0.3, 0.4) is 0 Å². The van der Waals surface area contributed by atoms with Gasteiger partial charge in [0.15, 0.2) is 5.82 Å². The number of piperazine rings is 1. The molecule has 1 aromatic heterocycles. The lowest BCUT2D eigenvalue weighted by atomic mass is 9.97. The molecule has 0 unspecified atom stereocenters. The van der Waals surface area contributed by atoms with Gasteiger partial charge in [-0.3, -0.25) is 4.90 Å². The smallest absolute Gasteiger partial charge is 0.244 e. The van der Waals surface area contributed by atoms with Crippen LogP contribution in [0.5, 0.6) is 0 Å². The molecule has 0 saturated carbocycles. The fourth-order valence-electron chi connectivity index (χ4n) is 2.77. The standard InChI is InChI=1S/C17H22Cl2N4O3S/c1-17(2,3)16-20-14(21-26-16)11-22-7-9-23(10-8-22)27(24,25)13-6-4-5-12(18)15(13)19/h4-6H,7-11H2,1-3H3. The lowest BCUT2D eigenvalue weighted by Gasteiger charge is -2.33. The summed E-state index contributed by atoms with van der Waals surface area (Å²) in [6.45, 7) is 8.39. The van der Waals surface area contributed by atoms with Crippen molar-refractivity contribution in [2.75, 3.05) is 26.2 Å². The van der Waals surface area contributed by atoms with Crippen molar-refractivity contribution in [1.29, 1.82) is 0 Å². The molecule has 3 rings (SSSR count). The molecule has 1 aliphatic heterocycles. The molecule has 0 amide bonds. The van der Waals surface area contributed by atoms with Gasteiger partial charge in [0.05, 0.1) is 16.6 Å². The first-order valence-corrected chi connectivity index (χ1v) is 10.8. The van der Waals surface area contributed by atoms with E-state index < -0.39 is 10.0 Å². The monoisotopic (exact) mass is 432 g/mol. The highest BCUT2D eigenvalue weighted by Gasteiger charge is 2.31. The molecule has 148 valence electrons. The number of halogens is 2. The summed E-state index contributed by atoms with van der Waals surface area (Å²) < 4.78 is 32.5. The summed E-state index contributed by atoms with van der Waals surface area (Å²) >= 11 is 12.1. The highest BCUT2D eigenvalue weighted by atomic mass is 35.5. The molecule has 0 bridgehead atoms. The Hall–Kier alpha value is -1.19. The number of hydrogen-bond donors (Lipinski definition) is 0. The zero-order valence-electron chi connectivity index (χ0n) is 15.4. The highest BCUT2D eigenvalue weighted by Crippen LogP contribution is 2.31. The Labute approximate surface area is 169 Å². The highest BCUT2D eigenvalue weighted by molar-refractivity contribution is 7.89. The number of aromatic nitrogens is 2. The Morgan fingerprint density at radius 2 is 1.81 bits per heavy atom. The predicted molar refractivity (Wildman–Crippen MR) is 103 cm³/mol. The minimum atomic E-state index is -3.69. The van der Waals surface area contributed by atoms with Crippen molar-refractivity contribution in [1.82, 2.24) is 19.3 Å². The molecule has 2 aromatic rings. The van der Waals surface area contributed by atoms with Crippen molar-refractivity contribution in [2.45, 2.75) is 37.6 Å². The second kappa shape index (κ2) is 7.67. The second-order valence-electron chi connectivity index (χ2n) is 7.50. The van der Waals surface area contributed by atoms with Crippen LogP contribution < -0.4 is 0 Å². The summed E-state index contributed by atoms with van der Waals surface area (Å²) in [5, 5.41) is 4.31. The Bertz CT molecular complexity index is 917. The van der Waals surface area contributed by atoms with E-state index in [1.54, 1.807) is 12.1 Å². The molecule has 0 N–H and O–H groups in total.